The quantitative estimate of drug-likeness (QED) is 0.643. The SMILES string of the molecule is Cc1c(C(=O)Nc2ccc(N3CCN(C)CC3)cc2C(F)(F)F)sc2ncn(C)c(=O)c12. The van der Waals surface area contributed by atoms with Crippen molar-refractivity contribution in [2.75, 3.05) is 43.4 Å². The molecule has 1 amide bonds. The summed E-state index contributed by atoms with van der Waals surface area (Å²) in [5.41, 5.74) is -0.670. The van der Waals surface area contributed by atoms with E-state index in [1.54, 1.807) is 20.0 Å². The van der Waals surface area contributed by atoms with E-state index in [-0.39, 0.29) is 16.1 Å². The fourth-order valence-electron chi connectivity index (χ4n) is 3.74. The zero-order chi connectivity index (χ0) is 23.2. The lowest BCUT2D eigenvalue weighted by Gasteiger charge is -2.34. The highest BCUT2D eigenvalue weighted by Gasteiger charge is 2.35. The number of aryl methyl sites for hydroxylation is 2. The number of fused-ring (bicyclic) bond motifs is 1. The van der Waals surface area contributed by atoms with Crippen molar-refractivity contribution >= 4 is 38.8 Å². The molecule has 170 valence electrons. The lowest BCUT2D eigenvalue weighted by molar-refractivity contribution is -0.136. The van der Waals surface area contributed by atoms with E-state index in [2.05, 4.69) is 15.2 Å². The number of aromatic nitrogens is 2. The molecule has 0 spiro atoms. The van der Waals surface area contributed by atoms with Gasteiger partial charge in [-0.3, -0.25) is 9.59 Å². The molecule has 4 rings (SSSR count). The maximum Gasteiger partial charge on any atom is 0.418 e. The Morgan fingerprint density at radius 3 is 2.50 bits per heavy atom. The van der Waals surface area contributed by atoms with Gasteiger partial charge in [0.05, 0.1) is 27.8 Å². The Labute approximate surface area is 186 Å². The molecule has 11 heteroatoms. The van der Waals surface area contributed by atoms with Crippen molar-refractivity contribution in [2.24, 2.45) is 7.05 Å². The van der Waals surface area contributed by atoms with E-state index in [0.29, 0.717) is 34.6 Å². The van der Waals surface area contributed by atoms with E-state index in [4.69, 9.17) is 0 Å². The van der Waals surface area contributed by atoms with Crippen molar-refractivity contribution < 1.29 is 18.0 Å². The molecule has 1 aliphatic heterocycles. The Kier molecular flexibility index (Phi) is 5.72. The Hall–Kier alpha value is -2.92. The summed E-state index contributed by atoms with van der Waals surface area (Å²) < 4.78 is 42.8. The second-order valence-electron chi connectivity index (χ2n) is 7.87. The summed E-state index contributed by atoms with van der Waals surface area (Å²) in [6.45, 7) is 4.37. The van der Waals surface area contributed by atoms with E-state index in [9.17, 15) is 22.8 Å². The molecule has 1 aromatic carbocycles. The summed E-state index contributed by atoms with van der Waals surface area (Å²) in [5, 5.41) is 2.69. The number of alkyl halides is 3. The first-order valence-corrected chi connectivity index (χ1v) is 10.8. The molecule has 0 atom stereocenters. The predicted molar refractivity (Wildman–Crippen MR) is 119 cm³/mol. The zero-order valence-electron chi connectivity index (χ0n) is 17.8. The Morgan fingerprint density at radius 2 is 1.84 bits per heavy atom. The second kappa shape index (κ2) is 8.21. The molecule has 0 aliphatic carbocycles. The molecule has 3 aromatic rings. The van der Waals surface area contributed by atoms with Crippen molar-refractivity contribution in [1.82, 2.24) is 14.5 Å². The van der Waals surface area contributed by atoms with Crippen LogP contribution in [0.25, 0.3) is 10.2 Å². The summed E-state index contributed by atoms with van der Waals surface area (Å²) in [6.07, 6.45) is -3.29. The van der Waals surface area contributed by atoms with Crippen LogP contribution in [0, 0.1) is 6.92 Å². The third-order valence-electron chi connectivity index (χ3n) is 5.64. The van der Waals surface area contributed by atoms with Gasteiger partial charge in [-0.25, -0.2) is 4.98 Å². The normalized spacial score (nSPS) is 15.4. The first-order valence-electron chi connectivity index (χ1n) is 9.97. The van der Waals surface area contributed by atoms with Crippen molar-refractivity contribution in [3.05, 3.63) is 50.9 Å². The number of nitrogens with one attached hydrogen (secondary N) is 1. The Bertz CT molecular complexity index is 1240. The lowest BCUT2D eigenvalue weighted by atomic mass is 10.1. The molecule has 0 radical (unpaired) electrons. The van der Waals surface area contributed by atoms with Gasteiger partial charge in [0.1, 0.15) is 4.83 Å². The molecule has 32 heavy (non-hydrogen) atoms. The highest BCUT2D eigenvalue weighted by atomic mass is 32.1. The largest absolute Gasteiger partial charge is 0.418 e. The van der Waals surface area contributed by atoms with E-state index in [1.807, 2.05) is 11.9 Å². The van der Waals surface area contributed by atoms with Crippen LogP contribution in [0.15, 0.2) is 29.3 Å². The number of piperazine rings is 1. The van der Waals surface area contributed by atoms with Gasteiger partial charge in [-0.2, -0.15) is 13.2 Å². The summed E-state index contributed by atoms with van der Waals surface area (Å²) in [6, 6.07) is 3.95. The van der Waals surface area contributed by atoms with Crippen LogP contribution in [0.4, 0.5) is 24.5 Å². The zero-order valence-corrected chi connectivity index (χ0v) is 18.6. The Balaban J connectivity index is 1.67. The van der Waals surface area contributed by atoms with Crippen LogP contribution in [0.5, 0.6) is 0 Å². The fourth-order valence-corrected chi connectivity index (χ4v) is 4.78. The monoisotopic (exact) mass is 465 g/mol. The van der Waals surface area contributed by atoms with Crippen molar-refractivity contribution in [3.8, 4) is 0 Å². The molecule has 2 aromatic heterocycles. The summed E-state index contributed by atoms with van der Waals surface area (Å²) in [4.78, 5) is 34.0. The number of halogens is 3. The predicted octanol–water partition coefficient (Wildman–Crippen LogP) is 3.33. The molecule has 0 bridgehead atoms. The number of amides is 1. The number of carbonyl (C=O) groups excluding carboxylic acids is 1. The molecule has 3 heterocycles. The first-order chi connectivity index (χ1) is 15.1. The van der Waals surface area contributed by atoms with Gasteiger partial charge in [0.2, 0.25) is 0 Å². The van der Waals surface area contributed by atoms with Gasteiger partial charge in [0, 0.05) is 38.9 Å². The second-order valence-corrected chi connectivity index (χ2v) is 8.87. The van der Waals surface area contributed by atoms with Gasteiger partial charge < -0.3 is 19.7 Å². The summed E-state index contributed by atoms with van der Waals surface area (Å²) >= 11 is 0.983. The number of thiophene rings is 1. The van der Waals surface area contributed by atoms with E-state index < -0.39 is 17.6 Å². The molecule has 1 N–H and O–H groups in total. The maximum atomic E-state index is 13.8. The Morgan fingerprint density at radius 1 is 1.16 bits per heavy atom. The third-order valence-corrected chi connectivity index (χ3v) is 6.84. The van der Waals surface area contributed by atoms with Crippen LogP contribution >= 0.6 is 11.3 Å². The molecule has 1 saturated heterocycles. The van der Waals surface area contributed by atoms with Crippen molar-refractivity contribution in [3.63, 3.8) is 0 Å². The molecule has 1 fully saturated rings. The van der Waals surface area contributed by atoms with Crippen LogP contribution in [-0.4, -0.2) is 53.6 Å². The minimum absolute atomic E-state index is 0.159. The maximum absolute atomic E-state index is 13.8. The number of hydrogen-bond donors (Lipinski definition) is 1. The number of benzene rings is 1. The number of hydrogen-bond acceptors (Lipinski definition) is 6. The number of rotatable bonds is 3. The molecule has 7 nitrogen and oxygen atoms in total. The van der Waals surface area contributed by atoms with Crippen molar-refractivity contribution in [2.45, 2.75) is 13.1 Å². The van der Waals surface area contributed by atoms with Crippen LogP contribution < -0.4 is 15.8 Å². The van der Waals surface area contributed by atoms with Crippen LogP contribution in [-0.2, 0) is 13.2 Å². The molecule has 0 saturated carbocycles. The number of anilines is 2. The van der Waals surface area contributed by atoms with Crippen LogP contribution in [0.1, 0.15) is 20.8 Å². The fraction of sp³-hybridized carbons (Fsp3) is 0.381. The highest BCUT2D eigenvalue weighted by molar-refractivity contribution is 7.20. The van der Waals surface area contributed by atoms with Gasteiger partial charge >= 0.3 is 6.18 Å². The summed E-state index contributed by atoms with van der Waals surface area (Å²) in [7, 11) is 3.52. The molecule has 1 aliphatic rings. The molecular formula is C21H22F3N5O2S. The molecule has 0 unspecified atom stereocenters. The number of carbonyl (C=O) groups is 1. The van der Waals surface area contributed by atoms with E-state index >= 15 is 0 Å². The summed E-state index contributed by atoms with van der Waals surface area (Å²) in [5.74, 6) is -0.703. The first kappa shape index (κ1) is 22.3. The van der Waals surface area contributed by atoms with Gasteiger partial charge in [-0.1, -0.05) is 0 Å². The number of likely N-dealkylation sites (N-methyl/N-ethyl adjacent to an activating group) is 1. The van der Waals surface area contributed by atoms with Gasteiger partial charge in [-0.15, -0.1) is 11.3 Å². The average molecular weight is 466 g/mol. The van der Waals surface area contributed by atoms with Crippen molar-refractivity contribution in [1.29, 1.82) is 0 Å². The highest BCUT2D eigenvalue weighted by Crippen LogP contribution is 2.38. The minimum Gasteiger partial charge on any atom is -0.369 e. The standard InChI is InChI=1S/C21H22F3N5O2S/c1-12-16-19(25-11-28(3)20(16)31)32-17(12)18(30)26-15-5-4-13(10-14(15)21(22,23)24)29-8-6-27(2)7-9-29/h4-5,10-11H,6-9H2,1-3H3,(H,26,30). The van der Waals surface area contributed by atoms with Gasteiger partial charge in [0.25, 0.3) is 11.5 Å². The minimum atomic E-state index is -4.64. The third kappa shape index (κ3) is 4.09. The van der Waals surface area contributed by atoms with Gasteiger partial charge in [-0.05, 0) is 37.7 Å². The van der Waals surface area contributed by atoms with Crippen LogP contribution in [0.3, 0.4) is 0 Å². The van der Waals surface area contributed by atoms with E-state index in [1.165, 1.54) is 17.0 Å². The smallest absolute Gasteiger partial charge is 0.369 e. The van der Waals surface area contributed by atoms with Crippen LogP contribution in [0.2, 0.25) is 0 Å². The number of nitrogens with zero attached hydrogens (tertiary/aromatic N) is 4. The lowest BCUT2D eigenvalue weighted by Crippen LogP contribution is -2.44. The average Bonchev–Trinajstić information content (AvgIpc) is 3.08. The topological polar surface area (TPSA) is 70.5 Å². The molecular weight excluding hydrogens is 443 g/mol. The van der Waals surface area contributed by atoms with E-state index in [0.717, 1.165) is 30.5 Å². The van der Waals surface area contributed by atoms with Gasteiger partial charge in [0.15, 0.2) is 0 Å².